The number of nitrogens with one attached hydrogen (secondary N) is 2. The number of para-hydroxylation sites is 1. The average molecular weight is 445 g/mol. The Morgan fingerprint density at radius 2 is 1.55 bits per heavy atom. The summed E-state index contributed by atoms with van der Waals surface area (Å²) in [5.74, 6) is 0.589. The molecule has 33 heavy (non-hydrogen) atoms. The quantitative estimate of drug-likeness (QED) is 0.329. The van der Waals surface area contributed by atoms with Crippen molar-refractivity contribution in [1.29, 1.82) is 0 Å². The maximum absolute atomic E-state index is 13.0. The van der Waals surface area contributed by atoms with E-state index in [-0.39, 0.29) is 5.70 Å². The minimum absolute atomic E-state index is 0.122. The number of carbonyl (C=O) groups excluding carboxylic acids is 2. The summed E-state index contributed by atoms with van der Waals surface area (Å²) < 4.78 is 10.8. The second-order valence-corrected chi connectivity index (χ2v) is 7.33. The number of methoxy groups -OCH3 is 1. The van der Waals surface area contributed by atoms with Crippen molar-refractivity contribution in [3.05, 3.63) is 95.7 Å². The van der Waals surface area contributed by atoms with Crippen molar-refractivity contribution in [3.63, 3.8) is 0 Å². The van der Waals surface area contributed by atoms with Crippen molar-refractivity contribution in [2.75, 3.05) is 19.0 Å². The molecule has 6 nitrogen and oxygen atoms in total. The Kier molecular flexibility index (Phi) is 8.65. The Morgan fingerprint density at radius 1 is 0.879 bits per heavy atom. The molecule has 6 heteroatoms. The minimum Gasteiger partial charge on any atom is -0.497 e. The summed E-state index contributed by atoms with van der Waals surface area (Å²) >= 11 is 0. The number of benzene rings is 3. The Balaban J connectivity index is 1.78. The predicted octanol–water partition coefficient (Wildman–Crippen LogP) is 5.28. The van der Waals surface area contributed by atoms with Gasteiger partial charge < -0.3 is 20.1 Å². The highest BCUT2D eigenvalue weighted by molar-refractivity contribution is 6.10. The van der Waals surface area contributed by atoms with Crippen molar-refractivity contribution in [2.45, 2.75) is 19.8 Å². The van der Waals surface area contributed by atoms with Crippen LogP contribution in [0.3, 0.4) is 0 Å². The molecule has 0 aliphatic rings. The number of anilines is 1. The van der Waals surface area contributed by atoms with Gasteiger partial charge in [0.05, 0.1) is 13.7 Å². The van der Waals surface area contributed by atoms with Crippen LogP contribution in [0.5, 0.6) is 11.5 Å². The molecule has 2 N–H and O–H groups in total. The van der Waals surface area contributed by atoms with Gasteiger partial charge in [0.1, 0.15) is 17.2 Å². The third-order valence-electron chi connectivity index (χ3n) is 4.83. The van der Waals surface area contributed by atoms with E-state index in [0.29, 0.717) is 29.4 Å². The molecule has 2 amide bonds. The van der Waals surface area contributed by atoms with Crippen molar-refractivity contribution in [1.82, 2.24) is 5.32 Å². The molecular weight excluding hydrogens is 416 g/mol. The lowest BCUT2D eigenvalue weighted by atomic mass is 10.1. The second-order valence-electron chi connectivity index (χ2n) is 7.33. The van der Waals surface area contributed by atoms with Gasteiger partial charge in [-0.05, 0) is 66.6 Å². The van der Waals surface area contributed by atoms with E-state index in [4.69, 9.17) is 9.47 Å². The summed E-state index contributed by atoms with van der Waals surface area (Å²) in [7, 11) is 1.59. The number of ether oxygens (including phenoxy) is 2. The fraction of sp³-hybridized carbons (Fsp3) is 0.185. The summed E-state index contributed by atoms with van der Waals surface area (Å²) in [4.78, 5) is 25.9. The number of carbonyl (C=O) groups is 2. The lowest BCUT2D eigenvalue weighted by Crippen LogP contribution is -2.30. The van der Waals surface area contributed by atoms with Crippen molar-refractivity contribution in [3.8, 4) is 11.5 Å². The lowest BCUT2D eigenvalue weighted by molar-refractivity contribution is -0.113. The van der Waals surface area contributed by atoms with Crippen molar-refractivity contribution >= 4 is 23.6 Å². The first-order valence-electron chi connectivity index (χ1n) is 10.9. The Bertz CT molecular complexity index is 1080. The molecule has 0 spiro atoms. The van der Waals surface area contributed by atoms with E-state index in [2.05, 4.69) is 17.6 Å². The molecule has 0 unspecified atom stereocenters. The molecule has 0 aromatic heterocycles. The smallest absolute Gasteiger partial charge is 0.272 e. The van der Waals surface area contributed by atoms with E-state index < -0.39 is 11.8 Å². The molecule has 0 saturated carbocycles. The Hall–Kier alpha value is -4.06. The van der Waals surface area contributed by atoms with E-state index in [0.717, 1.165) is 18.4 Å². The highest BCUT2D eigenvalue weighted by atomic mass is 16.5. The molecule has 0 aliphatic heterocycles. The Morgan fingerprint density at radius 3 is 2.18 bits per heavy atom. The summed E-state index contributed by atoms with van der Waals surface area (Å²) in [6.07, 6.45) is 3.64. The Labute approximate surface area is 194 Å². The zero-order valence-corrected chi connectivity index (χ0v) is 18.8. The van der Waals surface area contributed by atoms with Gasteiger partial charge in [0.25, 0.3) is 11.8 Å². The molecule has 0 heterocycles. The van der Waals surface area contributed by atoms with Crippen LogP contribution in [0.2, 0.25) is 0 Å². The van der Waals surface area contributed by atoms with Crippen LogP contribution in [-0.4, -0.2) is 25.5 Å². The zero-order chi connectivity index (χ0) is 23.5. The second kappa shape index (κ2) is 12.1. The highest BCUT2D eigenvalue weighted by Gasteiger charge is 2.15. The highest BCUT2D eigenvalue weighted by Crippen LogP contribution is 2.16. The van der Waals surface area contributed by atoms with Crippen LogP contribution in [0.4, 0.5) is 5.69 Å². The van der Waals surface area contributed by atoms with Gasteiger partial charge in [-0.25, -0.2) is 0 Å². The van der Waals surface area contributed by atoms with Crippen LogP contribution < -0.4 is 20.1 Å². The van der Waals surface area contributed by atoms with Gasteiger partial charge in [-0.3, -0.25) is 9.59 Å². The number of hydrogen-bond acceptors (Lipinski definition) is 4. The van der Waals surface area contributed by atoms with Crippen LogP contribution in [0.25, 0.3) is 6.08 Å². The van der Waals surface area contributed by atoms with Gasteiger partial charge in [0.15, 0.2) is 0 Å². The summed E-state index contributed by atoms with van der Waals surface area (Å²) in [6.45, 7) is 2.73. The van der Waals surface area contributed by atoms with E-state index >= 15 is 0 Å². The van der Waals surface area contributed by atoms with E-state index in [1.807, 2.05) is 30.3 Å². The lowest BCUT2D eigenvalue weighted by Gasteiger charge is -2.12. The molecule has 0 atom stereocenters. The maximum Gasteiger partial charge on any atom is 0.272 e. The normalized spacial score (nSPS) is 10.9. The van der Waals surface area contributed by atoms with Crippen LogP contribution in [0.1, 0.15) is 35.7 Å². The van der Waals surface area contributed by atoms with Crippen molar-refractivity contribution in [2.24, 2.45) is 0 Å². The van der Waals surface area contributed by atoms with Gasteiger partial charge >= 0.3 is 0 Å². The van der Waals surface area contributed by atoms with Gasteiger partial charge in [0, 0.05) is 11.3 Å². The summed E-state index contributed by atoms with van der Waals surface area (Å²) in [6, 6.07) is 23.1. The molecule has 0 saturated heterocycles. The number of hydrogen-bond donors (Lipinski definition) is 2. The van der Waals surface area contributed by atoms with Crippen molar-refractivity contribution < 1.29 is 19.1 Å². The molecule has 0 aliphatic carbocycles. The average Bonchev–Trinajstić information content (AvgIpc) is 2.85. The SMILES string of the molecule is CCCCOc1ccc(C(=O)NC(=Cc2ccc(OC)cc2)C(=O)Nc2ccccc2)cc1. The van der Waals surface area contributed by atoms with Crippen LogP contribution in [0, 0.1) is 0 Å². The van der Waals surface area contributed by atoms with Gasteiger partial charge in [0.2, 0.25) is 0 Å². The van der Waals surface area contributed by atoms with Crippen LogP contribution in [-0.2, 0) is 4.79 Å². The number of rotatable bonds is 10. The third kappa shape index (κ3) is 7.25. The largest absolute Gasteiger partial charge is 0.497 e. The third-order valence-corrected chi connectivity index (χ3v) is 4.83. The number of unbranched alkanes of at least 4 members (excludes halogenated alkanes) is 1. The van der Waals surface area contributed by atoms with Crippen LogP contribution in [0.15, 0.2) is 84.6 Å². The molecule has 0 fully saturated rings. The monoisotopic (exact) mass is 444 g/mol. The van der Waals surface area contributed by atoms with Gasteiger partial charge in [-0.15, -0.1) is 0 Å². The first-order chi connectivity index (χ1) is 16.1. The maximum atomic E-state index is 13.0. The first kappa shape index (κ1) is 23.6. The molecule has 0 bridgehead atoms. The minimum atomic E-state index is -0.426. The van der Waals surface area contributed by atoms with Crippen LogP contribution >= 0.6 is 0 Å². The summed E-state index contributed by atoms with van der Waals surface area (Å²) in [5.41, 5.74) is 1.92. The molecule has 0 radical (unpaired) electrons. The number of amides is 2. The fourth-order valence-electron chi connectivity index (χ4n) is 2.98. The molecule has 170 valence electrons. The zero-order valence-electron chi connectivity index (χ0n) is 18.8. The molecule has 3 aromatic carbocycles. The van der Waals surface area contributed by atoms with E-state index in [1.54, 1.807) is 61.7 Å². The fourth-order valence-corrected chi connectivity index (χ4v) is 2.98. The predicted molar refractivity (Wildman–Crippen MR) is 130 cm³/mol. The van der Waals surface area contributed by atoms with Gasteiger partial charge in [-0.2, -0.15) is 0 Å². The van der Waals surface area contributed by atoms with Gasteiger partial charge in [-0.1, -0.05) is 43.7 Å². The topological polar surface area (TPSA) is 76.7 Å². The molecular formula is C27H28N2O4. The van der Waals surface area contributed by atoms with E-state index in [9.17, 15) is 9.59 Å². The molecule has 3 aromatic rings. The summed E-state index contributed by atoms with van der Waals surface area (Å²) in [5, 5.41) is 5.55. The first-order valence-corrected chi connectivity index (χ1v) is 10.9. The van der Waals surface area contributed by atoms with E-state index in [1.165, 1.54) is 0 Å². The standard InChI is InChI=1S/C27H28N2O4/c1-3-4-18-33-24-16-12-21(13-17-24)26(30)29-25(19-20-10-14-23(32-2)15-11-20)27(31)28-22-8-6-5-7-9-22/h5-17,19H,3-4,18H2,1-2H3,(H,28,31)(H,29,30). The molecule has 3 rings (SSSR count).